The lowest BCUT2D eigenvalue weighted by molar-refractivity contribution is 0.385. The topological polar surface area (TPSA) is 3.24 Å². The Bertz CT molecular complexity index is 77.0. The quantitative estimate of drug-likeness (QED) is 0.590. The molecule has 0 fully saturated rings. The zero-order chi connectivity index (χ0) is 6.57. The van der Waals surface area contributed by atoms with Gasteiger partial charge in [0.2, 0.25) is 0 Å². The molecule has 0 saturated carbocycles. The second-order valence-corrected chi connectivity index (χ2v) is 1.91. The molecule has 0 radical (unpaired) electrons. The summed E-state index contributed by atoms with van der Waals surface area (Å²) in [6.07, 6.45) is 0. The van der Waals surface area contributed by atoms with Crippen LogP contribution >= 0.6 is 13.5 Å². The van der Waals surface area contributed by atoms with Crippen molar-refractivity contribution in [3.05, 3.63) is 12.3 Å². The minimum absolute atomic E-state index is 0. The third kappa shape index (κ3) is 4.40. The van der Waals surface area contributed by atoms with E-state index in [4.69, 9.17) is 0 Å². The van der Waals surface area contributed by atoms with Gasteiger partial charge in [0.15, 0.2) is 0 Å². The van der Waals surface area contributed by atoms with Gasteiger partial charge in [0.05, 0.1) is 0 Å². The van der Waals surface area contributed by atoms with Crippen molar-refractivity contribution in [1.29, 1.82) is 0 Å². The van der Waals surface area contributed by atoms with Gasteiger partial charge in [0, 0.05) is 18.8 Å². The molecule has 0 heterocycles. The van der Waals surface area contributed by atoms with Crippen molar-refractivity contribution >= 4 is 13.5 Å². The highest BCUT2D eigenvalue weighted by Gasteiger charge is 1.92. The van der Waals surface area contributed by atoms with Gasteiger partial charge in [-0.1, -0.05) is 6.58 Å². The van der Waals surface area contributed by atoms with Crippen LogP contribution in [0, 0.1) is 0 Å². The Hall–Kier alpha value is -0.110. The Morgan fingerprint density at radius 1 is 1.33 bits per heavy atom. The van der Waals surface area contributed by atoms with Crippen molar-refractivity contribution in [3.63, 3.8) is 0 Å². The molecule has 0 spiro atoms. The molecular formula is C7H17NS. The van der Waals surface area contributed by atoms with E-state index >= 15 is 0 Å². The Morgan fingerprint density at radius 3 is 1.67 bits per heavy atom. The van der Waals surface area contributed by atoms with Crippen molar-refractivity contribution in [2.75, 3.05) is 13.1 Å². The molecule has 0 N–H and O–H groups in total. The minimum Gasteiger partial charge on any atom is -0.376 e. The minimum atomic E-state index is 0. The molecule has 0 amide bonds. The molecule has 0 aliphatic rings. The molecule has 0 aromatic rings. The highest BCUT2D eigenvalue weighted by atomic mass is 32.1. The van der Waals surface area contributed by atoms with Gasteiger partial charge >= 0.3 is 0 Å². The van der Waals surface area contributed by atoms with E-state index in [1.165, 1.54) is 0 Å². The Labute approximate surface area is 65.2 Å². The van der Waals surface area contributed by atoms with Gasteiger partial charge in [-0.2, -0.15) is 13.5 Å². The third-order valence-corrected chi connectivity index (χ3v) is 1.30. The van der Waals surface area contributed by atoms with Crippen LogP contribution < -0.4 is 0 Å². The monoisotopic (exact) mass is 147 g/mol. The fraction of sp³-hybridized carbons (Fsp3) is 0.714. The van der Waals surface area contributed by atoms with E-state index in [1.807, 2.05) is 6.92 Å². The standard InChI is InChI=1S/C7H15N.H2S/c1-5-8(6-2)7(3)4;/h3,5-6H2,1-2,4H3;1H2. The lowest BCUT2D eigenvalue weighted by Crippen LogP contribution is -2.19. The summed E-state index contributed by atoms with van der Waals surface area (Å²) in [5.74, 6) is 0. The molecule has 0 aliphatic heterocycles. The van der Waals surface area contributed by atoms with Gasteiger partial charge in [0.1, 0.15) is 0 Å². The number of allylic oxidation sites excluding steroid dienone is 1. The number of nitrogens with zero attached hydrogens (tertiary/aromatic N) is 1. The summed E-state index contributed by atoms with van der Waals surface area (Å²) < 4.78 is 0. The molecule has 2 heteroatoms. The van der Waals surface area contributed by atoms with Gasteiger partial charge in [-0.3, -0.25) is 0 Å². The van der Waals surface area contributed by atoms with E-state index in [9.17, 15) is 0 Å². The zero-order valence-electron chi connectivity index (χ0n) is 6.57. The summed E-state index contributed by atoms with van der Waals surface area (Å²) >= 11 is 0. The maximum atomic E-state index is 3.82. The van der Waals surface area contributed by atoms with Crippen LogP contribution in [0.2, 0.25) is 0 Å². The highest BCUT2D eigenvalue weighted by molar-refractivity contribution is 7.59. The molecular weight excluding hydrogens is 130 g/mol. The molecule has 0 aliphatic carbocycles. The van der Waals surface area contributed by atoms with Gasteiger partial charge < -0.3 is 4.90 Å². The number of hydrogen-bond donors (Lipinski definition) is 0. The smallest absolute Gasteiger partial charge is 0.0146 e. The van der Waals surface area contributed by atoms with E-state index < -0.39 is 0 Å². The fourth-order valence-electron chi connectivity index (χ4n) is 0.763. The number of hydrogen-bond acceptors (Lipinski definition) is 1. The van der Waals surface area contributed by atoms with Gasteiger partial charge in [0.25, 0.3) is 0 Å². The lowest BCUT2D eigenvalue weighted by atomic mass is 10.4. The van der Waals surface area contributed by atoms with Crippen LogP contribution in [0.25, 0.3) is 0 Å². The summed E-state index contributed by atoms with van der Waals surface area (Å²) in [5.41, 5.74) is 1.16. The van der Waals surface area contributed by atoms with E-state index in [2.05, 4.69) is 25.3 Å². The van der Waals surface area contributed by atoms with Crippen LogP contribution in [0.15, 0.2) is 12.3 Å². The first-order valence-electron chi connectivity index (χ1n) is 3.12. The SMILES string of the molecule is C=C(C)N(CC)CC.S. The average Bonchev–Trinajstić information content (AvgIpc) is 1.69. The fourth-order valence-corrected chi connectivity index (χ4v) is 0.763. The normalized spacial score (nSPS) is 7.89. The molecule has 0 unspecified atom stereocenters. The molecule has 0 atom stereocenters. The van der Waals surface area contributed by atoms with Gasteiger partial charge in [-0.25, -0.2) is 0 Å². The van der Waals surface area contributed by atoms with Gasteiger partial charge in [-0.05, 0) is 20.8 Å². The first kappa shape index (κ1) is 11.7. The largest absolute Gasteiger partial charge is 0.376 e. The second-order valence-electron chi connectivity index (χ2n) is 1.91. The van der Waals surface area contributed by atoms with Crippen molar-refractivity contribution in [1.82, 2.24) is 4.90 Å². The van der Waals surface area contributed by atoms with E-state index in [0.717, 1.165) is 18.8 Å². The predicted molar refractivity (Wildman–Crippen MR) is 48.1 cm³/mol. The number of rotatable bonds is 3. The second kappa shape index (κ2) is 6.02. The zero-order valence-corrected chi connectivity index (χ0v) is 7.57. The van der Waals surface area contributed by atoms with E-state index in [0.29, 0.717) is 0 Å². The Kier molecular flexibility index (Phi) is 7.79. The van der Waals surface area contributed by atoms with Crippen LogP contribution in [0.4, 0.5) is 0 Å². The van der Waals surface area contributed by atoms with Crippen molar-refractivity contribution < 1.29 is 0 Å². The third-order valence-electron chi connectivity index (χ3n) is 1.30. The molecule has 1 nitrogen and oxygen atoms in total. The first-order valence-corrected chi connectivity index (χ1v) is 3.12. The molecule has 56 valence electrons. The van der Waals surface area contributed by atoms with Crippen molar-refractivity contribution in [3.8, 4) is 0 Å². The van der Waals surface area contributed by atoms with E-state index in [-0.39, 0.29) is 13.5 Å². The van der Waals surface area contributed by atoms with Crippen LogP contribution in [-0.4, -0.2) is 18.0 Å². The van der Waals surface area contributed by atoms with Crippen molar-refractivity contribution in [2.45, 2.75) is 20.8 Å². The first-order chi connectivity index (χ1) is 3.72. The maximum absolute atomic E-state index is 3.82. The Morgan fingerprint density at radius 2 is 1.67 bits per heavy atom. The molecule has 0 saturated heterocycles. The molecule has 0 aromatic heterocycles. The summed E-state index contributed by atoms with van der Waals surface area (Å²) in [6.45, 7) is 12.3. The van der Waals surface area contributed by atoms with E-state index in [1.54, 1.807) is 0 Å². The molecule has 0 rings (SSSR count). The summed E-state index contributed by atoms with van der Waals surface area (Å²) in [5, 5.41) is 0. The van der Waals surface area contributed by atoms with Gasteiger partial charge in [-0.15, -0.1) is 0 Å². The van der Waals surface area contributed by atoms with Crippen LogP contribution in [0.1, 0.15) is 20.8 Å². The predicted octanol–water partition coefficient (Wildman–Crippen LogP) is 1.97. The average molecular weight is 147 g/mol. The summed E-state index contributed by atoms with van der Waals surface area (Å²) in [4.78, 5) is 2.22. The molecule has 0 aromatic carbocycles. The van der Waals surface area contributed by atoms with Crippen molar-refractivity contribution in [2.24, 2.45) is 0 Å². The maximum Gasteiger partial charge on any atom is 0.0146 e. The molecule has 0 bridgehead atoms. The Balaban J connectivity index is 0. The van der Waals surface area contributed by atoms with Crippen LogP contribution in [0.3, 0.4) is 0 Å². The van der Waals surface area contributed by atoms with Crippen LogP contribution in [0.5, 0.6) is 0 Å². The summed E-state index contributed by atoms with van der Waals surface area (Å²) in [7, 11) is 0. The lowest BCUT2D eigenvalue weighted by Gasteiger charge is -2.19. The highest BCUT2D eigenvalue weighted by Crippen LogP contribution is 1.96. The van der Waals surface area contributed by atoms with Crippen LogP contribution in [-0.2, 0) is 0 Å². The molecule has 9 heavy (non-hydrogen) atoms. The summed E-state index contributed by atoms with van der Waals surface area (Å²) in [6, 6.07) is 0.